The molecule has 2 aromatic rings. The lowest BCUT2D eigenvalue weighted by atomic mass is 9.98. The van der Waals surface area contributed by atoms with Crippen LogP contribution >= 0.6 is 0 Å². The van der Waals surface area contributed by atoms with Crippen molar-refractivity contribution in [3.8, 4) is 0 Å². The van der Waals surface area contributed by atoms with E-state index in [1.54, 1.807) is 29.2 Å². The molecule has 1 fully saturated rings. The molecular weight excluding hydrogens is 420 g/mol. The van der Waals surface area contributed by atoms with E-state index in [-0.39, 0.29) is 36.7 Å². The third-order valence-corrected chi connectivity index (χ3v) is 6.59. The number of rotatable bonds is 5. The first kappa shape index (κ1) is 22.5. The van der Waals surface area contributed by atoms with Crippen LogP contribution in [0.3, 0.4) is 0 Å². The van der Waals surface area contributed by atoms with Gasteiger partial charge < -0.3 is 15.1 Å². The van der Waals surface area contributed by atoms with Gasteiger partial charge in [-0.1, -0.05) is 30.3 Å². The number of nitrogens with zero attached hydrogens (tertiary/aromatic N) is 3. The molecule has 0 aliphatic carbocycles. The van der Waals surface area contributed by atoms with Crippen LogP contribution in [0.4, 0.5) is 11.4 Å². The van der Waals surface area contributed by atoms with E-state index in [4.69, 9.17) is 0 Å². The van der Waals surface area contributed by atoms with Crippen LogP contribution in [-0.4, -0.2) is 59.2 Å². The summed E-state index contributed by atoms with van der Waals surface area (Å²) >= 11 is 0. The molecule has 0 radical (unpaired) electrons. The number of fused-ring (bicyclic) bond motifs is 3. The summed E-state index contributed by atoms with van der Waals surface area (Å²) in [6.07, 6.45) is 0.743. The van der Waals surface area contributed by atoms with Crippen LogP contribution < -0.4 is 10.2 Å². The lowest BCUT2D eigenvalue weighted by Gasteiger charge is -2.48. The van der Waals surface area contributed by atoms with E-state index in [9.17, 15) is 19.2 Å². The minimum atomic E-state index is -0.917. The van der Waals surface area contributed by atoms with Crippen molar-refractivity contribution in [3.63, 3.8) is 0 Å². The van der Waals surface area contributed by atoms with Crippen LogP contribution in [0, 0.1) is 13.8 Å². The number of carbonyl (C=O) groups is 4. The fourth-order valence-electron chi connectivity index (χ4n) is 4.69. The summed E-state index contributed by atoms with van der Waals surface area (Å²) in [7, 11) is 1.54. The molecule has 1 saturated heterocycles. The first-order chi connectivity index (χ1) is 15.6. The predicted octanol–water partition coefficient (Wildman–Crippen LogP) is 2.70. The Hall–Kier alpha value is -3.68. The number of hydrogen-bond acceptors (Lipinski definition) is 4. The summed E-state index contributed by atoms with van der Waals surface area (Å²) in [6, 6.07) is 12.7. The maximum atomic E-state index is 13.3. The number of carbonyl (C=O) groups excluding carboxylic acids is 4. The summed E-state index contributed by atoms with van der Waals surface area (Å²) in [5, 5.41) is 2.87. The quantitative estimate of drug-likeness (QED) is 0.762. The minimum Gasteiger partial charge on any atom is -0.335 e. The molecule has 2 aliphatic rings. The molecule has 8 heteroatoms. The molecule has 8 nitrogen and oxygen atoms in total. The summed E-state index contributed by atoms with van der Waals surface area (Å²) in [4.78, 5) is 56.0. The lowest BCUT2D eigenvalue weighted by molar-refractivity contribution is -0.135. The Bertz CT molecular complexity index is 1140. The van der Waals surface area contributed by atoms with Crippen LogP contribution in [0.1, 0.15) is 41.3 Å². The van der Waals surface area contributed by atoms with Gasteiger partial charge in [-0.3, -0.25) is 24.1 Å². The second-order valence-corrected chi connectivity index (χ2v) is 8.92. The number of anilines is 2. The maximum absolute atomic E-state index is 13.3. The second kappa shape index (κ2) is 8.35. The molecule has 2 aliphatic heterocycles. The largest absolute Gasteiger partial charge is 0.335 e. The van der Waals surface area contributed by atoms with Crippen LogP contribution in [0.25, 0.3) is 0 Å². The molecule has 1 atom stereocenters. The number of amides is 4. The monoisotopic (exact) mass is 448 g/mol. The van der Waals surface area contributed by atoms with Gasteiger partial charge in [0.1, 0.15) is 12.2 Å². The van der Waals surface area contributed by atoms with Crippen LogP contribution in [0.15, 0.2) is 42.5 Å². The zero-order chi connectivity index (χ0) is 23.9. The summed E-state index contributed by atoms with van der Waals surface area (Å²) in [6.45, 7) is 5.26. The van der Waals surface area contributed by atoms with Gasteiger partial charge in [0.15, 0.2) is 0 Å². The average molecular weight is 449 g/mol. The van der Waals surface area contributed by atoms with E-state index >= 15 is 0 Å². The molecule has 4 amide bonds. The maximum Gasteiger partial charge on any atom is 0.258 e. The van der Waals surface area contributed by atoms with Crippen LogP contribution in [-0.2, 0) is 14.4 Å². The summed E-state index contributed by atoms with van der Waals surface area (Å²) in [5.41, 5.74) is 2.67. The normalized spacial score (nSPS) is 19.3. The van der Waals surface area contributed by atoms with Gasteiger partial charge in [0.05, 0.1) is 17.8 Å². The number of para-hydroxylation sites is 2. The molecular formula is C25H28N4O4. The molecule has 1 N–H and O–H groups in total. The Morgan fingerprint density at radius 1 is 1.06 bits per heavy atom. The molecule has 2 heterocycles. The molecule has 0 aromatic heterocycles. The SMILES string of the molecule is Cc1cccc(C)c1NC(=O)CN(C)C(=O)CN1C(=O)c2ccccc2N2C(=O)CCC12C. The minimum absolute atomic E-state index is 0.0729. The standard InChI is InChI=1S/C25H28N4O4/c1-16-8-7-9-17(2)23(16)26-20(30)14-27(4)22(32)15-28-24(33)18-10-5-6-11-19(18)29-21(31)12-13-25(28,29)3/h5-11H,12-15H2,1-4H3,(H,26,30). The van der Waals surface area contributed by atoms with Gasteiger partial charge >= 0.3 is 0 Å². The van der Waals surface area contributed by atoms with E-state index < -0.39 is 5.66 Å². The fraction of sp³-hybridized carbons (Fsp3) is 0.360. The average Bonchev–Trinajstić information content (AvgIpc) is 3.09. The molecule has 1 unspecified atom stereocenters. The van der Waals surface area contributed by atoms with Gasteiger partial charge in [-0.15, -0.1) is 0 Å². The lowest BCUT2D eigenvalue weighted by Crippen LogP contribution is -2.64. The van der Waals surface area contributed by atoms with Gasteiger partial charge in [-0.25, -0.2) is 0 Å². The second-order valence-electron chi connectivity index (χ2n) is 8.92. The highest BCUT2D eigenvalue weighted by Crippen LogP contribution is 2.43. The number of hydrogen-bond donors (Lipinski definition) is 1. The van der Waals surface area contributed by atoms with Gasteiger partial charge in [-0.05, 0) is 50.5 Å². The van der Waals surface area contributed by atoms with Gasteiger partial charge in [-0.2, -0.15) is 0 Å². The zero-order valence-electron chi connectivity index (χ0n) is 19.3. The third-order valence-electron chi connectivity index (χ3n) is 6.59. The first-order valence-electron chi connectivity index (χ1n) is 11.0. The highest BCUT2D eigenvalue weighted by molar-refractivity contribution is 6.11. The third kappa shape index (κ3) is 3.86. The van der Waals surface area contributed by atoms with E-state index in [1.165, 1.54) is 16.8 Å². The Labute approximate surface area is 193 Å². The molecule has 0 spiro atoms. The highest BCUT2D eigenvalue weighted by Gasteiger charge is 2.53. The van der Waals surface area contributed by atoms with Crippen molar-refractivity contribution in [2.75, 3.05) is 30.4 Å². The van der Waals surface area contributed by atoms with Crippen LogP contribution in [0.5, 0.6) is 0 Å². The van der Waals surface area contributed by atoms with Crippen molar-refractivity contribution in [2.24, 2.45) is 0 Å². The summed E-state index contributed by atoms with van der Waals surface area (Å²) < 4.78 is 0. The molecule has 2 aromatic carbocycles. The van der Waals surface area contributed by atoms with Crippen molar-refractivity contribution in [3.05, 3.63) is 59.2 Å². The van der Waals surface area contributed by atoms with Gasteiger partial charge in [0, 0.05) is 19.2 Å². The van der Waals surface area contributed by atoms with Crippen molar-refractivity contribution in [1.29, 1.82) is 0 Å². The number of benzene rings is 2. The Morgan fingerprint density at radius 2 is 1.73 bits per heavy atom. The highest BCUT2D eigenvalue weighted by atomic mass is 16.2. The Balaban J connectivity index is 1.50. The van der Waals surface area contributed by atoms with Gasteiger partial charge in [0.2, 0.25) is 17.7 Å². The molecule has 33 heavy (non-hydrogen) atoms. The van der Waals surface area contributed by atoms with Crippen molar-refractivity contribution < 1.29 is 19.2 Å². The van der Waals surface area contributed by atoms with E-state index in [0.29, 0.717) is 24.1 Å². The van der Waals surface area contributed by atoms with E-state index in [2.05, 4.69) is 5.32 Å². The molecule has 172 valence electrons. The topological polar surface area (TPSA) is 90.0 Å². The van der Waals surface area contributed by atoms with Crippen LogP contribution in [0.2, 0.25) is 0 Å². The summed E-state index contributed by atoms with van der Waals surface area (Å²) in [5.74, 6) is -1.06. The Kier molecular flexibility index (Phi) is 5.69. The number of likely N-dealkylation sites (N-methyl/N-ethyl adjacent to an activating group) is 1. The Morgan fingerprint density at radius 3 is 2.42 bits per heavy atom. The molecule has 4 rings (SSSR count). The molecule has 0 bridgehead atoms. The first-order valence-corrected chi connectivity index (χ1v) is 11.0. The van der Waals surface area contributed by atoms with Crippen molar-refractivity contribution in [1.82, 2.24) is 9.80 Å². The smallest absolute Gasteiger partial charge is 0.258 e. The van der Waals surface area contributed by atoms with Crippen molar-refractivity contribution in [2.45, 2.75) is 39.3 Å². The number of nitrogens with one attached hydrogen (secondary N) is 1. The van der Waals surface area contributed by atoms with E-state index in [0.717, 1.165) is 16.8 Å². The van der Waals surface area contributed by atoms with E-state index in [1.807, 2.05) is 39.0 Å². The number of aryl methyl sites for hydroxylation is 2. The molecule has 0 saturated carbocycles. The van der Waals surface area contributed by atoms with Crippen molar-refractivity contribution >= 4 is 35.0 Å². The zero-order valence-corrected chi connectivity index (χ0v) is 19.3. The predicted molar refractivity (Wildman–Crippen MR) is 125 cm³/mol. The fourth-order valence-corrected chi connectivity index (χ4v) is 4.69. The van der Waals surface area contributed by atoms with Gasteiger partial charge in [0.25, 0.3) is 5.91 Å².